The van der Waals surface area contributed by atoms with Gasteiger partial charge in [-0.2, -0.15) is 11.8 Å². The molecule has 2 N–H and O–H groups in total. The molecule has 118 valence electrons. The molecule has 1 aromatic carbocycles. The highest BCUT2D eigenvalue weighted by atomic mass is 32.2. The fourth-order valence-electron chi connectivity index (χ4n) is 2.34. The monoisotopic (exact) mass is 329 g/mol. The van der Waals surface area contributed by atoms with E-state index in [0.29, 0.717) is 18.0 Å². The van der Waals surface area contributed by atoms with Gasteiger partial charge in [0.1, 0.15) is 0 Å². The summed E-state index contributed by atoms with van der Waals surface area (Å²) in [4.78, 5) is 2.67. The molecule has 0 radical (unpaired) electrons. The second kappa shape index (κ2) is 8.14. The second-order valence-electron chi connectivity index (χ2n) is 4.99. The summed E-state index contributed by atoms with van der Waals surface area (Å²) in [6.45, 7) is 3.86. The zero-order valence-electron chi connectivity index (χ0n) is 12.3. The summed E-state index contributed by atoms with van der Waals surface area (Å²) in [5, 5.41) is 3.00. The predicted molar refractivity (Wildman–Crippen MR) is 88.2 cm³/mol. The summed E-state index contributed by atoms with van der Waals surface area (Å²) >= 11 is 1.95. The van der Waals surface area contributed by atoms with Gasteiger partial charge < -0.3 is 10.2 Å². The summed E-state index contributed by atoms with van der Waals surface area (Å²) in [5.41, 5.74) is 0.793. The highest BCUT2D eigenvalue weighted by Crippen LogP contribution is 2.15. The molecule has 0 spiro atoms. The highest BCUT2D eigenvalue weighted by molar-refractivity contribution is 7.99. The fourth-order valence-corrected chi connectivity index (χ4v) is 4.58. The van der Waals surface area contributed by atoms with Crippen molar-refractivity contribution in [3.05, 3.63) is 29.8 Å². The maximum atomic E-state index is 12.4. The lowest BCUT2D eigenvalue weighted by atomic mass is 10.2. The van der Waals surface area contributed by atoms with E-state index in [1.165, 1.54) is 0 Å². The van der Waals surface area contributed by atoms with Crippen LogP contribution in [0.25, 0.3) is 0 Å². The van der Waals surface area contributed by atoms with E-state index in [2.05, 4.69) is 14.9 Å². The van der Waals surface area contributed by atoms with E-state index in [1.807, 2.05) is 30.9 Å². The van der Waals surface area contributed by atoms with Crippen LogP contribution in [0.5, 0.6) is 0 Å². The standard InChI is InChI=1S/C14H23N3O2S2/c1-15-12-13-4-2-3-5-14(13)21(18,19)16-6-7-17-8-10-20-11-9-17/h2-5,15-16H,6-12H2,1H3. The molecule has 1 heterocycles. The Morgan fingerprint density at radius 1 is 1.24 bits per heavy atom. The van der Waals surface area contributed by atoms with Crippen molar-refractivity contribution < 1.29 is 8.42 Å². The highest BCUT2D eigenvalue weighted by Gasteiger charge is 2.18. The molecule has 0 unspecified atom stereocenters. The fraction of sp³-hybridized carbons (Fsp3) is 0.571. The molecular weight excluding hydrogens is 306 g/mol. The van der Waals surface area contributed by atoms with E-state index < -0.39 is 10.0 Å². The van der Waals surface area contributed by atoms with Crippen LogP contribution >= 0.6 is 11.8 Å². The number of nitrogens with zero attached hydrogens (tertiary/aromatic N) is 1. The molecule has 0 saturated carbocycles. The van der Waals surface area contributed by atoms with E-state index in [0.717, 1.165) is 36.7 Å². The third-order valence-corrected chi connectivity index (χ3v) is 5.96. The smallest absolute Gasteiger partial charge is 0.240 e. The van der Waals surface area contributed by atoms with Crippen LogP contribution in [-0.4, -0.2) is 58.1 Å². The lowest BCUT2D eigenvalue weighted by Crippen LogP contribution is -2.39. The third-order valence-electron chi connectivity index (χ3n) is 3.45. The number of thioether (sulfide) groups is 1. The van der Waals surface area contributed by atoms with Crippen molar-refractivity contribution in [3.8, 4) is 0 Å². The molecule has 1 aromatic rings. The van der Waals surface area contributed by atoms with E-state index in [-0.39, 0.29) is 0 Å². The molecule has 0 atom stereocenters. The van der Waals surface area contributed by atoms with Gasteiger partial charge in [-0.05, 0) is 18.7 Å². The normalized spacial score (nSPS) is 17.0. The van der Waals surface area contributed by atoms with Crippen molar-refractivity contribution in [2.24, 2.45) is 0 Å². The Morgan fingerprint density at radius 3 is 2.67 bits per heavy atom. The van der Waals surface area contributed by atoms with Crippen LogP contribution in [0.1, 0.15) is 5.56 Å². The summed E-state index contributed by atoms with van der Waals surface area (Å²) in [5.74, 6) is 2.27. The summed E-state index contributed by atoms with van der Waals surface area (Å²) in [7, 11) is -1.63. The van der Waals surface area contributed by atoms with E-state index in [4.69, 9.17) is 0 Å². The largest absolute Gasteiger partial charge is 0.316 e. The van der Waals surface area contributed by atoms with E-state index in [1.54, 1.807) is 12.1 Å². The summed E-state index contributed by atoms with van der Waals surface area (Å²) in [6.07, 6.45) is 0. The minimum absolute atomic E-state index is 0.369. The Hall–Kier alpha value is -0.600. The van der Waals surface area contributed by atoms with Crippen LogP contribution in [0.2, 0.25) is 0 Å². The van der Waals surface area contributed by atoms with Crippen LogP contribution in [0.3, 0.4) is 0 Å². The van der Waals surface area contributed by atoms with Gasteiger partial charge in [-0.3, -0.25) is 0 Å². The first kappa shape index (κ1) is 16.8. The Morgan fingerprint density at radius 2 is 1.95 bits per heavy atom. The van der Waals surface area contributed by atoms with Crippen molar-refractivity contribution in [2.75, 3.05) is 44.7 Å². The quantitative estimate of drug-likeness (QED) is 0.772. The topological polar surface area (TPSA) is 61.4 Å². The number of sulfonamides is 1. The molecule has 1 aliphatic heterocycles. The van der Waals surface area contributed by atoms with Gasteiger partial charge in [0.15, 0.2) is 0 Å². The molecule has 5 nitrogen and oxygen atoms in total. The Kier molecular flexibility index (Phi) is 6.50. The van der Waals surface area contributed by atoms with Gasteiger partial charge in [0.25, 0.3) is 0 Å². The number of benzene rings is 1. The molecule has 2 rings (SSSR count). The van der Waals surface area contributed by atoms with Crippen molar-refractivity contribution in [2.45, 2.75) is 11.4 Å². The van der Waals surface area contributed by atoms with Crippen molar-refractivity contribution in [3.63, 3.8) is 0 Å². The maximum absolute atomic E-state index is 12.4. The number of hydrogen-bond acceptors (Lipinski definition) is 5. The van der Waals surface area contributed by atoms with Gasteiger partial charge in [-0.1, -0.05) is 18.2 Å². The molecule has 0 aliphatic carbocycles. The first-order valence-electron chi connectivity index (χ1n) is 7.16. The SMILES string of the molecule is CNCc1ccccc1S(=O)(=O)NCCN1CCSCC1. The maximum Gasteiger partial charge on any atom is 0.240 e. The van der Waals surface area contributed by atoms with Crippen LogP contribution in [0.15, 0.2) is 29.2 Å². The van der Waals surface area contributed by atoms with Crippen LogP contribution < -0.4 is 10.0 Å². The Labute approximate surface area is 131 Å². The second-order valence-corrected chi connectivity index (χ2v) is 7.95. The van der Waals surface area contributed by atoms with E-state index >= 15 is 0 Å². The van der Waals surface area contributed by atoms with E-state index in [9.17, 15) is 8.42 Å². The minimum Gasteiger partial charge on any atom is -0.316 e. The molecule has 0 aromatic heterocycles. The average molecular weight is 329 g/mol. The first-order valence-corrected chi connectivity index (χ1v) is 9.79. The van der Waals surface area contributed by atoms with Gasteiger partial charge in [0.05, 0.1) is 4.90 Å². The molecule has 21 heavy (non-hydrogen) atoms. The van der Waals surface area contributed by atoms with Gasteiger partial charge in [-0.15, -0.1) is 0 Å². The molecule has 1 aliphatic rings. The summed E-state index contributed by atoms with van der Waals surface area (Å²) in [6, 6.07) is 7.12. The lowest BCUT2D eigenvalue weighted by Gasteiger charge is -2.26. The first-order chi connectivity index (χ1) is 10.1. The number of rotatable bonds is 7. The Bertz CT molecular complexity index is 543. The van der Waals surface area contributed by atoms with Gasteiger partial charge in [0.2, 0.25) is 10.0 Å². The third kappa shape index (κ3) is 4.96. The van der Waals surface area contributed by atoms with Crippen LogP contribution in [0, 0.1) is 0 Å². The molecular formula is C14H23N3O2S2. The number of nitrogens with one attached hydrogen (secondary N) is 2. The lowest BCUT2D eigenvalue weighted by molar-refractivity contribution is 0.307. The molecule has 1 saturated heterocycles. The zero-order valence-corrected chi connectivity index (χ0v) is 14.0. The molecule has 7 heteroatoms. The minimum atomic E-state index is -3.44. The number of hydrogen-bond donors (Lipinski definition) is 2. The van der Waals surface area contributed by atoms with Crippen molar-refractivity contribution >= 4 is 21.8 Å². The van der Waals surface area contributed by atoms with Gasteiger partial charge >= 0.3 is 0 Å². The Balaban J connectivity index is 1.94. The van der Waals surface area contributed by atoms with Crippen LogP contribution in [-0.2, 0) is 16.6 Å². The molecule has 0 amide bonds. The predicted octanol–water partition coefficient (Wildman–Crippen LogP) is 0.733. The van der Waals surface area contributed by atoms with Crippen LogP contribution in [0.4, 0.5) is 0 Å². The van der Waals surface area contributed by atoms with Crippen molar-refractivity contribution in [1.29, 1.82) is 0 Å². The zero-order chi connectivity index (χ0) is 15.1. The van der Waals surface area contributed by atoms with Gasteiger partial charge in [0, 0.05) is 44.2 Å². The van der Waals surface area contributed by atoms with Gasteiger partial charge in [-0.25, -0.2) is 13.1 Å². The summed E-state index contributed by atoms with van der Waals surface area (Å²) < 4.78 is 27.5. The molecule has 1 fully saturated rings. The average Bonchev–Trinajstić information content (AvgIpc) is 2.49. The molecule has 0 bridgehead atoms. The van der Waals surface area contributed by atoms with Crippen molar-refractivity contribution in [1.82, 2.24) is 14.9 Å².